The smallest absolute Gasteiger partial charge is 0.265 e. The highest BCUT2D eigenvalue weighted by Crippen LogP contribution is 2.19. The van der Waals surface area contributed by atoms with Crippen molar-refractivity contribution in [2.24, 2.45) is 0 Å². The molecule has 0 bridgehead atoms. The number of nitrogens with one attached hydrogen (secondary N) is 1. The molecule has 2 rings (SSSR count). The van der Waals surface area contributed by atoms with Crippen molar-refractivity contribution in [2.45, 2.75) is 25.9 Å². The van der Waals surface area contributed by atoms with Gasteiger partial charge in [0, 0.05) is 13.1 Å². The van der Waals surface area contributed by atoms with E-state index in [4.69, 9.17) is 4.74 Å². The molecular formula is C12H18BrN3O2. The summed E-state index contributed by atoms with van der Waals surface area (Å²) in [6.07, 6.45) is 1.61. The molecule has 1 N–H and O–H groups in total. The summed E-state index contributed by atoms with van der Waals surface area (Å²) in [7, 11) is 2.04. The number of halogens is 1. The predicted molar refractivity (Wildman–Crippen MR) is 72.7 cm³/mol. The number of H-pyrrole nitrogens is 1. The lowest BCUT2D eigenvalue weighted by atomic mass is 10.2. The zero-order valence-corrected chi connectivity index (χ0v) is 12.3. The fraction of sp³-hybridized carbons (Fsp3) is 0.667. The molecule has 0 aromatic carbocycles. The van der Waals surface area contributed by atoms with Crippen LogP contribution >= 0.6 is 15.9 Å². The van der Waals surface area contributed by atoms with Gasteiger partial charge in [-0.1, -0.05) is 13.3 Å². The van der Waals surface area contributed by atoms with Crippen LogP contribution in [-0.2, 0) is 11.2 Å². The van der Waals surface area contributed by atoms with Crippen molar-refractivity contribution in [1.82, 2.24) is 14.9 Å². The molecule has 1 aliphatic heterocycles. The van der Waals surface area contributed by atoms with Crippen molar-refractivity contribution < 1.29 is 4.74 Å². The van der Waals surface area contributed by atoms with Crippen LogP contribution in [0.3, 0.4) is 0 Å². The van der Waals surface area contributed by atoms with Gasteiger partial charge in [-0.3, -0.25) is 4.79 Å². The summed E-state index contributed by atoms with van der Waals surface area (Å²) < 4.78 is 6.21. The van der Waals surface area contributed by atoms with Crippen molar-refractivity contribution >= 4 is 15.9 Å². The monoisotopic (exact) mass is 315 g/mol. The molecule has 0 radical (unpaired) electrons. The average Bonchev–Trinajstić information content (AvgIpc) is 2.35. The Morgan fingerprint density at radius 3 is 3.06 bits per heavy atom. The first kappa shape index (κ1) is 13.7. The van der Waals surface area contributed by atoms with E-state index in [0.717, 1.165) is 31.6 Å². The summed E-state index contributed by atoms with van der Waals surface area (Å²) in [6, 6.07) is 0. The van der Waals surface area contributed by atoms with E-state index in [1.807, 2.05) is 7.05 Å². The zero-order chi connectivity index (χ0) is 13.1. The van der Waals surface area contributed by atoms with Gasteiger partial charge in [-0.05, 0) is 29.4 Å². The number of nitrogens with zero attached hydrogens (tertiary/aromatic N) is 2. The molecule has 6 heteroatoms. The fourth-order valence-electron chi connectivity index (χ4n) is 2.02. The maximum atomic E-state index is 11.8. The maximum Gasteiger partial charge on any atom is 0.265 e. The van der Waals surface area contributed by atoms with Gasteiger partial charge in [-0.15, -0.1) is 0 Å². The Bertz CT molecular complexity index is 475. The van der Waals surface area contributed by atoms with Gasteiger partial charge in [0.25, 0.3) is 5.56 Å². The minimum absolute atomic E-state index is 0.125. The van der Waals surface area contributed by atoms with Crippen LogP contribution in [0.2, 0.25) is 0 Å². The van der Waals surface area contributed by atoms with Gasteiger partial charge in [-0.25, -0.2) is 4.98 Å². The summed E-state index contributed by atoms with van der Waals surface area (Å²) in [5.41, 5.74) is 0.688. The minimum atomic E-state index is -0.139. The number of likely N-dealkylation sites (N-methyl/N-ethyl adjacent to an activating group) is 1. The summed E-state index contributed by atoms with van der Waals surface area (Å²) >= 11 is 3.29. The predicted octanol–water partition coefficient (Wildman–Crippen LogP) is 1.49. The average molecular weight is 316 g/mol. The van der Waals surface area contributed by atoms with Crippen LogP contribution in [0, 0.1) is 0 Å². The molecule has 0 aliphatic carbocycles. The van der Waals surface area contributed by atoms with Gasteiger partial charge in [0.05, 0.1) is 12.3 Å². The van der Waals surface area contributed by atoms with Crippen molar-refractivity contribution in [3.63, 3.8) is 0 Å². The van der Waals surface area contributed by atoms with Gasteiger partial charge in [0.15, 0.2) is 0 Å². The second kappa shape index (κ2) is 5.95. The van der Waals surface area contributed by atoms with E-state index in [1.165, 1.54) is 0 Å². The number of aromatic nitrogens is 2. The minimum Gasteiger partial charge on any atom is -0.368 e. The third-order valence-corrected chi connectivity index (χ3v) is 3.83. The zero-order valence-electron chi connectivity index (χ0n) is 10.7. The third kappa shape index (κ3) is 2.99. The summed E-state index contributed by atoms with van der Waals surface area (Å²) in [4.78, 5) is 21.4. The Balaban J connectivity index is 2.30. The molecule has 1 atom stereocenters. The lowest BCUT2D eigenvalue weighted by molar-refractivity contribution is -0.0257. The standard InChI is InChI=1S/C12H18BrN3O2/c1-3-4-8-10(13)12(17)15-11(14-8)9-7-16(2)5-6-18-9/h9H,3-7H2,1-2H3,(H,14,15,17). The molecule has 18 heavy (non-hydrogen) atoms. The normalized spacial score (nSPS) is 21.2. The Morgan fingerprint density at radius 1 is 1.61 bits per heavy atom. The molecule has 0 amide bonds. The first-order valence-corrected chi connectivity index (χ1v) is 6.99. The molecule has 1 fully saturated rings. The summed E-state index contributed by atoms with van der Waals surface area (Å²) in [6.45, 7) is 4.42. The van der Waals surface area contributed by atoms with E-state index < -0.39 is 0 Å². The lowest BCUT2D eigenvalue weighted by Crippen LogP contribution is -2.37. The Morgan fingerprint density at radius 2 is 2.39 bits per heavy atom. The number of aromatic amines is 1. The number of rotatable bonds is 3. The molecule has 0 spiro atoms. The van der Waals surface area contributed by atoms with Crippen molar-refractivity contribution in [2.75, 3.05) is 26.7 Å². The highest BCUT2D eigenvalue weighted by atomic mass is 79.9. The van der Waals surface area contributed by atoms with E-state index in [1.54, 1.807) is 0 Å². The second-order valence-corrected chi connectivity index (χ2v) is 5.38. The van der Waals surface area contributed by atoms with Crippen molar-refractivity contribution in [3.05, 3.63) is 26.3 Å². The number of hydrogen-bond donors (Lipinski definition) is 1. The summed E-state index contributed by atoms with van der Waals surface area (Å²) in [5, 5.41) is 0. The van der Waals surface area contributed by atoms with E-state index in [2.05, 4.69) is 37.7 Å². The largest absolute Gasteiger partial charge is 0.368 e. The maximum absolute atomic E-state index is 11.8. The quantitative estimate of drug-likeness (QED) is 0.918. The van der Waals surface area contributed by atoms with Crippen LogP contribution in [0.4, 0.5) is 0 Å². The van der Waals surface area contributed by atoms with Crippen molar-refractivity contribution in [1.29, 1.82) is 0 Å². The first-order valence-electron chi connectivity index (χ1n) is 6.20. The molecule has 1 unspecified atom stereocenters. The fourth-order valence-corrected chi connectivity index (χ4v) is 2.41. The molecule has 2 heterocycles. The lowest BCUT2D eigenvalue weighted by Gasteiger charge is -2.29. The van der Waals surface area contributed by atoms with Gasteiger partial charge in [0.1, 0.15) is 16.4 Å². The van der Waals surface area contributed by atoms with Crippen LogP contribution < -0.4 is 5.56 Å². The van der Waals surface area contributed by atoms with Gasteiger partial charge >= 0.3 is 0 Å². The van der Waals surface area contributed by atoms with Gasteiger partial charge in [-0.2, -0.15) is 0 Å². The van der Waals surface area contributed by atoms with Crippen LogP contribution in [0.5, 0.6) is 0 Å². The van der Waals surface area contributed by atoms with Gasteiger partial charge < -0.3 is 14.6 Å². The topological polar surface area (TPSA) is 58.2 Å². The van der Waals surface area contributed by atoms with Crippen LogP contribution in [-0.4, -0.2) is 41.6 Å². The highest BCUT2D eigenvalue weighted by molar-refractivity contribution is 9.10. The molecular weight excluding hydrogens is 298 g/mol. The van der Waals surface area contributed by atoms with E-state index in [0.29, 0.717) is 16.9 Å². The second-order valence-electron chi connectivity index (χ2n) is 4.58. The number of hydrogen-bond acceptors (Lipinski definition) is 4. The molecule has 1 aliphatic rings. The molecule has 1 aromatic heterocycles. The van der Waals surface area contributed by atoms with E-state index in [-0.39, 0.29) is 11.7 Å². The molecule has 1 saturated heterocycles. The molecule has 100 valence electrons. The Labute approximate surface area is 115 Å². The van der Waals surface area contributed by atoms with Crippen LogP contribution in [0.15, 0.2) is 9.27 Å². The third-order valence-electron chi connectivity index (χ3n) is 3.01. The van der Waals surface area contributed by atoms with E-state index >= 15 is 0 Å². The van der Waals surface area contributed by atoms with E-state index in [9.17, 15) is 4.79 Å². The Kier molecular flexibility index (Phi) is 4.53. The SMILES string of the molecule is CCCc1nc(C2CN(C)CCO2)[nH]c(=O)c1Br. The molecule has 0 saturated carbocycles. The Hall–Kier alpha value is -0.720. The molecule has 1 aromatic rings. The number of morpholine rings is 1. The number of ether oxygens (including phenoxy) is 1. The van der Waals surface area contributed by atoms with Crippen LogP contribution in [0.25, 0.3) is 0 Å². The summed E-state index contributed by atoms with van der Waals surface area (Å²) in [5.74, 6) is 0.637. The first-order chi connectivity index (χ1) is 8.61. The highest BCUT2D eigenvalue weighted by Gasteiger charge is 2.23. The van der Waals surface area contributed by atoms with Gasteiger partial charge in [0.2, 0.25) is 0 Å². The van der Waals surface area contributed by atoms with Crippen molar-refractivity contribution in [3.8, 4) is 0 Å². The number of aryl methyl sites for hydroxylation is 1. The molecule has 5 nitrogen and oxygen atoms in total. The van der Waals surface area contributed by atoms with Crippen LogP contribution in [0.1, 0.15) is 31.0 Å².